The van der Waals surface area contributed by atoms with Crippen LogP contribution in [-0.2, 0) is 24.2 Å². The van der Waals surface area contributed by atoms with E-state index in [0.29, 0.717) is 13.1 Å². The van der Waals surface area contributed by atoms with Crippen molar-refractivity contribution in [1.82, 2.24) is 9.13 Å². The number of fused-ring (bicyclic) bond motifs is 1. The minimum Gasteiger partial charge on any atom is -0.382 e. The lowest BCUT2D eigenvalue weighted by molar-refractivity contribution is 0.145. The van der Waals surface area contributed by atoms with Crippen LogP contribution in [0.25, 0.3) is 11.0 Å². The lowest BCUT2D eigenvalue weighted by Gasteiger charge is -2.06. The van der Waals surface area contributed by atoms with E-state index in [-0.39, 0.29) is 5.69 Å². The SMILES string of the molecule is CCOCCCc1scc2c1n(Cc1ccccc1)c(=O)n2Cc1ccccc1. The summed E-state index contributed by atoms with van der Waals surface area (Å²) < 4.78 is 9.37. The number of ether oxygens (including phenoxy) is 1. The molecule has 4 rings (SSSR count). The van der Waals surface area contributed by atoms with Crippen LogP contribution in [0.15, 0.2) is 70.8 Å². The summed E-state index contributed by atoms with van der Waals surface area (Å²) >= 11 is 1.75. The number of imidazole rings is 1. The van der Waals surface area contributed by atoms with Crippen molar-refractivity contribution in [3.63, 3.8) is 0 Å². The van der Waals surface area contributed by atoms with E-state index in [4.69, 9.17) is 4.74 Å². The first-order chi connectivity index (χ1) is 14.3. The molecule has 0 amide bonds. The second kappa shape index (κ2) is 9.25. The lowest BCUT2D eigenvalue weighted by atomic mass is 10.2. The molecule has 0 unspecified atom stereocenters. The monoisotopic (exact) mass is 406 g/mol. The van der Waals surface area contributed by atoms with E-state index < -0.39 is 0 Å². The second-order valence-corrected chi connectivity index (χ2v) is 8.08. The molecule has 0 saturated heterocycles. The molecule has 29 heavy (non-hydrogen) atoms. The molecule has 0 aliphatic rings. The molecule has 0 radical (unpaired) electrons. The Morgan fingerprint density at radius 3 is 2.14 bits per heavy atom. The molecule has 0 N–H and O–H groups in total. The number of hydrogen-bond acceptors (Lipinski definition) is 3. The first-order valence-electron chi connectivity index (χ1n) is 10.1. The van der Waals surface area contributed by atoms with Crippen molar-refractivity contribution in [3.8, 4) is 0 Å². The Morgan fingerprint density at radius 1 is 0.897 bits per heavy atom. The summed E-state index contributed by atoms with van der Waals surface area (Å²) in [4.78, 5) is 14.7. The molecule has 0 aliphatic heterocycles. The van der Waals surface area contributed by atoms with Gasteiger partial charge < -0.3 is 4.74 Å². The van der Waals surface area contributed by atoms with Crippen molar-refractivity contribution in [3.05, 3.63) is 92.5 Å². The molecule has 150 valence electrons. The number of aryl methyl sites for hydroxylation is 1. The van der Waals surface area contributed by atoms with Crippen LogP contribution >= 0.6 is 11.3 Å². The highest BCUT2D eigenvalue weighted by Crippen LogP contribution is 2.28. The number of nitrogens with zero attached hydrogens (tertiary/aromatic N) is 2. The molecule has 2 aromatic carbocycles. The summed E-state index contributed by atoms with van der Waals surface area (Å²) in [5, 5.41) is 2.14. The Bertz CT molecular complexity index is 1110. The standard InChI is InChI=1S/C24H26N2O2S/c1-2-28-15-9-14-22-23-21(18-29-22)25(16-19-10-5-3-6-11-19)24(27)26(23)17-20-12-7-4-8-13-20/h3-8,10-13,18H,2,9,14-17H2,1H3. The van der Waals surface area contributed by atoms with Crippen LogP contribution in [0.1, 0.15) is 29.3 Å². The number of benzene rings is 2. The van der Waals surface area contributed by atoms with Crippen LogP contribution in [-0.4, -0.2) is 22.3 Å². The minimum absolute atomic E-state index is 0.0570. The molecule has 0 atom stereocenters. The first-order valence-corrected chi connectivity index (χ1v) is 11.0. The summed E-state index contributed by atoms with van der Waals surface area (Å²) in [5.74, 6) is 0. The Hall–Kier alpha value is -2.63. The highest BCUT2D eigenvalue weighted by Gasteiger charge is 2.18. The van der Waals surface area contributed by atoms with Crippen molar-refractivity contribution < 1.29 is 4.74 Å². The molecule has 4 aromatic rings. The van der Waals surface area contributed by atoms with E-state index in [0.717, 1.165) is 48.2 Å². The fourth-order valence-electron chi connectivity index (χ4n) is 3.69. The van der Waals surface area contributed by atoms with Crippen LogP contribution in [0, 0.1) is 0 Å². The fraction of sp³-hybridized carbons (Fsp3) is 0.292. The highest BCUT2D eigenvalue weighted by atomic mass is 32.1. The van der Waals surface area contributed by atoms with Gasteiger partial charge in [0.1, 0.15) is 0 Å². The number of thiophene rings is 1. The Kier molecular flexibility index (Phi) is 6.27. The molecular formula is C24H26N2O2S. The van der Waals surface area contributed by atoms with Crippen molar-refractivity contribution >= 4 is 22.4 Å². The summed E-state index contributed by atoms with van der Waals surface area (Å²) in [6.07, 6.45) is 1.89. The molecular weight excluding hydrogens is 380 g/mol. The smallest absolute Gasteiger partial charge is 0.329 e. The fourth-order valence-corrected chi connectivity index (χ4v) is 4.78. The van der Waals surface area contributed by atoms with Crippen molar-refractivity contribution in [1.29, 1.82) is 0 Å². The molecule has 0 fully saturated rings. The predicted octanol–water partition coefficient (Wildman–Crippen LogP) is 4.93. The van der Waals surface area contributed by atoms with Crippen molar-refractivity contribution in [2.75, 3.05) is 13.2 Å². The van der Waals surface area contributed by atoms with Crippen LogP contribution in [0.2, 0.25) is 0 Å². The third kappa shape index (κ3) is 4.36. The molecule has 0 aliphatic carbocycles. The van der Waals surface area contributed by atoms with E-state index in [1.54, 1.807) is 11.3 Å². The van der Waals surface area contributed by atoms with E-state index in [9.17, 15) is 4.79 Å². The van der Waals surface area contributed by atoms with Crippen molar-refractivity contribution in [2.45, 2.75) is 32.9 Å². The van der Waals surface area contributed by atoms with Gasteiger partial charge in [-0.15, -0.1) is 11.3 Å². The Labute approximate surface area is 175 Å². The summed E-state index contributed by atoms with van der Waals surface area (Å²) in [7, 11) is 0. The van der Waals surface area contributed by atoms with E-state index in [2.05, 4.69) is 29.6 Å². The molecule has 2 heterocycles. The lowest BCUT2D eigenvalue weighted by Crippen LogP contribution is -2.25. The second-order valence-electron chi connectivity index (χ2n) is 7.12. The van der Waals surface area contributed by atoms with Gasteiger partial charge in [0.15, 0.2) is 0 Å². The van der Waals surface area contributed by atoms with Crippen molar-refractivity contribution in [2.24, 2.45) is 0 Å². The average molecular weight is 407 g/mol. The zero-order valence-electron chi connectivity index (χ0n) is 16.7. The van der Waals surface area contributed by atoms with Gasteiger partial charge in [-0.25, -0.2) is 4.79 Å². The molecule has 0 spiro atoms. The van der Waals surface area contributed by atoms with Crippen LogP contribution in [0.3, 0.4) is 0 Å². The number of hydrogen-bond donors (Lipinski definition) is 0. The van der Waals surface area contributed by atoms with Gasteiger partial charge in [0.05, 0.1) is 24.1 Å². The van der Waals surface area contributed by atoms with Gasteiger partial charge in [0.25, 0.3) is 0 Å². The number of rotatable bonds is 9. The normalized spacial score (nSPS) is 11.3. The summed E-state index contributed by atoms with van der Waals surface area (Å²) in [5.41, 5.74) is 4.45. The van der Waals surface area contributed by atoms with E-state index in [1.807, 2.05) is 52.5 Å². The minimum atomic E-state index is 0.0570. The Balaban J connectivity index is 1.74. The maximum absolute atomic E-state index is 13.4. The van der Waals surface area contributed by atoms with Crippen LogP contribution in [0.5, 0.6) is 0 Å². The molecule has 0 saturated carbocycles. The third-order valence-electron chi connectivity index (χ3n) is 5.11. The van der Waals surface area contributed by atoms with Gasteiger partial charge in [-0.2, -0.15) is 0 Å². The average Bonchev–Trinajstić information content (AvgIpc) is 3.27. The van der Waals surface area contributed by atoms with E-state index in [1.165, 1.54) is 4.88 Å². The zero-order chi connectivity index (χ0) is 20.1. The van der Waals surface area contributed by atoms with E-state index >= 15 is 0 Å². The Morgan fingerprint density at radius 2 is 1.52 bits per heavy atom. The quantitative estimate of drug-likeness (QED) is 0.370. The predicted molar refractivity (Wildman–Crippen MR) is 120 cm³/mol. The summed E-state index contributed by atoms with van der Waals surface area (Å²) in [6, 6.07) is 20.4. The maximum atomic E-state index is 13.4. The van der Waals surface area contributed by atoms with Crippen LogP contribution < -0.4 is 5.69 Å². The number of aromatic nitrogens is 2. The largest absolute Gasteiger partial charge is 0.382 e. The van der Waals surface area contributed by atoms with Gasteiger partial charge in [0, 0.05) is 23.5 Å². The molecule has 4 nitrogen and oxygen atoms in total. The van der Waals surface area contributed by atoms with Gasteiger partial charge in [-0.1, -0.05) is 60.7 Å². The van der Waals surface area contributed by atoms with Gasteiger partial charge in [-0.05, 0) is 30.9 Å². The first kappa shape index (κ1) is 19.7. The molecule has 5 heteroatoms. The highest BCUT2D eigenvalue weighted by molar-refractivity contribution is 7.11. The zero-order valence-corrected chi connectivity index (χ0v) is 17.5. The summed E-state index contributed by atoms with van der Waals surface area (Å²) in [6.45, 7) is 4.69. The van der Waals surface area contributed by atoms with Gasteiger partial charge in [0.2, 0.25) is 0 Å². The maximum Gasteiger partial charge on any atom is 0.329 e. The topological polar surface area (TPSA) is 36.2 Å². The third-order valence-corrected chi connectivity index (χ3v) is 6.13. The van der Waals surface area contributed by atoms with Gasteiger partial charge >= 0.3 is 5.69 Å². The van der Waals surface area contributed by atoms with Gasteiger partial charge in [-0.3, -0.25) is 9.13 Å². The molecule has 2 aromatic heterocycles. The van der Waals surface area contributed by atoms with Crippen LogP contribution in [0.4, 0.5) is 0 Å². The molecule has 0 bridgehead atoms.